The van der Waals surface area contributed by atoms with Gasteiger partial charge in [0.25, 0.3) is 0 Å². The molecule has 0 amide bonds. The molecule has 0 aliphatic heterocycles. The minimum absolute atomic E-state index is 0. The summed E-state index contributed by atoms with van der Waals surface area (Å²) < 4.78 is 11.0. The topological polar surface area (TPSA) is 9.23 Å². The summed E-state index contributed by atoms with van der Waals surface area (Å²) in [7, 11) is 0. The zero-order valence-electron chi connectivity index (χ0n) is 4.69. The number of hydrogen-bond acceptors (Lipinski definition) is 1. The predicted molar refractivity (Wildman–Crippen MR) is 24.4 cm³/mol. The van der Waals surface area contributed by atoms with Crippen LogP contribution in [0.15, 0.2) is 0 Å². The van der Waals surface area contributed by atoms with E-state index >= 15 is 0 Å². The molecule has 0 spiro atoms. The fourth-order valence-corrected chi connectivity index (χ4v) is 0. The van der Waals surface area contributed by atoms with Crippen molar-refractivity contribution in [2.45, 2.75) is 26.4 Å². The predicted octanol–water partition coefficient (Wildman–Crippen LogP) is 1.84. The van der Waals surface area contributed by atoms with Crippen molar-refractivity contribution < 1.29 is 14.2 Å². The fraction of sp³-hybridized carbons (Fsp3) is 1.00. The van der Waals surface area contributed by atoms with Crippen LogP contribution in [0.25, 0.3) is 0 Å². The molecule has 0 fully saturated rings. The molecule has 1 nitrogen and oxygen atoms in total. The molecular formula is C4H10F2O. The van der Waals surface area contributed by atoms with Crippen molar-refractivity contribution >= 4 is 0 Å². The number of rotatable bonds is 0. The lowest BCUT2D eigenvalue weighted by Gasteiger charge is -2.08. The van der Waals surface area contributed by atoms with Gasteiger partial charge in [-0.05, 0) is 25.3 Å². The van der Waals surface area contributed by atoms with Gasteiger partial charge in [0.1, 0.15) is 5.60 Å². The summed E-state index contributed by atoms with van der Waals surface area (Å²) in [4.78, 5) is 3.44. The van der Waals surface area contributed by atoms with Gasteiger partial charge in [0, 0.05) is 0 Å². The molecule has 0 saturated heterocycles. The second kappa shape index (κ2) is 2.91. The Labute approximate surface area is 41.7 Å². The van der Waals surface area contributed by atoms with Gasteiger partial charge in [-0.1, -0.05) is 0 Å². The Morgan fingerprint density at radius 1 is 1.29 bits per heavy atom. The van der Waals surface area contributed by atoms with Crippen molar-refractivity contribution in [3.8, 4) is 0 Å². The Balaban J connectivity index is 0. The fourth-order valence-electron chi connectivity index (χ4n) is 0. The van der Waals surface area contributed by atoms with E-state index in [1.165, 1.54) is 0 Å². The van der Waals surface area contributed by atoms with E-state index in [-0.39, 0.29) is 4.70 Å². The number of halogens is 2. The van der Waals surface area contributed by atoms with Gasteiger partial charge in [0.2, 0.25) is 0 Å². The van der Waals surface area contributed by atoms with Crippen molar-refractivity contribution in [1.29, 1.82) is 0 Å². The highest BCUT2D eigenvalue weighted by molar-refractivity contribution is 4.53. The molecule has 0 unspecified atom stereocenters. The molecule has 0 saturated carbocycles. The van der Waals surface area contributed by atoms with Crippen LogP contribution >= 0.6 is 0 Å². The lowest BCUT2D eigenvalue weighted by Crippen LogP contribution is -2.13. The maximum absolute atomic E-state index is 11.0. The van der Waals surface area contributed by atoms with E-state index in [1.54, 1.807) is 20.8 Å². The highest BCUT2D eigenvalue weighted by Gasteiger charge is 2.08. The molecular weight excluding hydrogens is 102 g/mol. The highest BCUT2D eigenvalue weighted by Crippen LogP contribution is 2.05. The lowest BCUT2D eigenvalue weighted by molar-refractivity contribution is -0.214. The maximum Gasteiger partial charge on any atom is 0.101 e. The smallest absolute Gasteiger partial charge is 0.101 e. The zero-order chi connectivity index (χ0) is 5.21. The van der Waals surface area contributed by atoms with Gasteiger partial charge >= 0.3 is 0 Å². The van der Waals surface area contributed by atoms with E-state index in [0.29, 0.717) is 0 Å². The molecule has 0 aromatic carbocycles. The molecule has 7 heavy (non-hydrogen) atoms. The van der Waals surface area contributed by atoms with E-state index in [4.69, 9.17) is 0 Å². The average Bonchev–Trinajstić information content (AvgIpc) is 1.35. The second-order valence-electron chi connectivity index (χ2n) is 2.19. The van der Waals surface area contributed by atoms with Crippen LogP contribution in [-0.2, 0) is 4.94 Å². The molecule has 0 heterocycles. The van der Waals surface area contributed by atoms with Gasteiger partial charge in [0.15, 0.2) is 0 Å². The third kappa shape index (κ3) is 10.7. The SMILES string of the molecule is CC(C)(C)OF.F. The van der Waals surface area contributed by atoms with Crippen molar-refractivity contribution in [2.24, 2.45) is 0 Å². The van der Waals surface area contributed by atoms with Crippen LogP contribution in [0, 0.1) is 0 Å². The summed E-state index contributed by atoms with van der Waals surface area (Å²) in [6.45, 7) is 4.94. The van der Waals surface area contributed by atoms with Crippen molar-refractivity contribution in [3.05, 3.63) is 0 Å². The number of hydrogen-bond donors (Lipinski definition) is 0. The van der Waals surface area contributed by atoms with Crippen molar-refractivity contribution in [3.63, 3.8) is 0 Å². The molecule has 0 bridgehead atoms. The summed E-state index contributed by atoms with van der Waals surface area (Å²) in [6, 6.07) is 0. The normalized spacial score (nSPS) is 10.3. The molecule has 3 heteroatoms. The summed E-state index contributed by atoms with van der Waals surface area (Å²) >= 11 is 0. The van der Waals surface area contributed by atoms with Gasteiger partial charge in [-0.25, -0.2) is 0 Å². The monoisotopic (exact) mass is 112 g/mol. The third-order valence-electron chi connectivity index (χ3n) is 0.231. The first-order valence-electron chi connectivity index (χ1n) is 1.86. The zero-order valence-corrected chi connectivity index (χ0v) is 4.69. The molecule has 0 aromatic heterocycles. The molecule has 46 valence electrons. The van der Waals surface area contributed by atoms with Gasteiger partial charge in [-0.3, -0.25) is 4.70 Å². The van der Waals surface area contributed by atoms with E-state index in [1.807, 2.05) is 0 Å². The van der Waals surface area contributed by atoms with E-state index in [0.717, 1.165) is 0 Å². The minimum atomic E-state index is -0.625. The molecule has 0 atom stereocenters. The molecule has 0 radical (unpaired) electrons. The Bertz CT molecular complexity index is 39.4. The van der Waals surface area contributed by atoms with Crippen LogP contribution in [-0.4, -0.2) is 5.60 Å². The Kier molecular flexibility index (Phi) is 4.13. The van der Waals surface area contributed by atoms with Crippen molar-refractivity contribution in [1.82, 2.24) is 0 Å². The lowest BCUT2D eigenvalue weighted by atomic mass is 10.2. The minimum Gasteiger partial charge on any atom is -0.269 e. The standard InChI is InChI=1S/C4H9FO.FH/c1-4(2,3)6-5;/h1-3H3;1H. The van der Waals surface area contributed by atoms with Crippen LogP contribution in [0.2, 0.25) is 0 Å². The average molecular weight is 112 g/mol. The molecule has 0 rings (SSSR count). The van der Waals surface area contributed by atoms with Crippen LogP contribution in [0.1, 0.15) is 20.8 Å². The molecule has 0 aliphatic carbocycles. The summed E-state index contributed by atoms with van der Waals surface area (Å²) in [5.74, 6) is 0. The molecule has 0 N–H and O–H groups in total. The second-order valence-corrected chi connectivity index (χ2v) is 2.19. The van der Waals surface area contributed by atoms with E-state index in [9.17, 15) is 4.53 Å². The van der Waals surface area contributed by atoms with Crippen LogP contribution in [0.3, 0.4) is 0 Å². The Hall–Kier alpha value is -0.180. The third-order valence-corrected chi connectivity index (χ3v) is 0.231. The highest BCUT2D eigenvalue weighted by atomic mass is 19.3. The van der Waals surface area contributed by atoms with Crippen LogP contribution in [0.5, 0.6) is 0 Å². The van der Waals surface area contributed by atoms with Gasteiger partial charge in [-0.2, -0.15) is 4.94 Å². The first-order chi connectivity index (χ1) is 2.56. The van der Waals surface area contributed by atoms with Gasteiger partial charge in [-0.15, -0.1) is 0 Å². The quantitative estimate of drug-likeness (QED) is 0.464. The summed E-state index contributed by atoms with van der Waals surface area (Å²) in [6.07, 6.45) is 0. The Morgan fingerprint density at radius 2 is 1.43 bits per heavy atom. The van der Waals surface area contributed by atoms with Gasteiger partial charge in [0.05, 0.1) is 0 Å². The maximum atomic E-state index is 11.0. The van der Waals surface area contributed by atoms with Crippen LogP contribution < -0.4 is 0 Å². The van der Waals surface area contributed by atoms with Crippen molar-refractivity contribution in [2.75, 3.05) is 0 Å². The largest absolute Gasteiger partial charge is 0.269 e. The van der Waals surface area contributed by atoms with Crippen LogP contribution in [0.4, 0.5) is 9.23 Å². The summed E-state index contributed by atoms with van der Waals surface area (Å²) in [5, 5.41) is 0. The summed E-state index contributed by atoms with van der Waals surface area (Å²) in [5.41, 5.74) is -0.625. The van der Waals surface area contributed by atoms with E-state index in [2.05, 4.69) is 4.94 Å². The Morgan fingerprint density at radius 3 is 1.43 bits per heavy atom. The first-order valence-corrected chi connectivity index (χ1v) is 1.86. The molecule has 0 aromatic rings. The van der Waals surface area contributed by atoms with Gasteiger partial charge < -0.3 is 0 Å². The first kappa shape index (κ1) is 9.94. The van der Waals surface area contributed by atoms with E-state index < -0.39 is 5.60 Å². The molecule has 0 aliphatic rings.